The Labute approximate surface area is 358 Å². The fraction of sp³-hybridized carbons (Fsp3) is 0.477. The molecule has 4 heterocycles. The van der Waals surface area contributed by atoms with E-state index in [0.717, 1.165) is 54.7 Å². The highest BCUT2D eigenvalue weighted by molar-refractivity contribution is 6.06. The summed E-state index contributed by atoms with van der Waals surface area (Å²) in [5.74, 6) is 3.40. The van der Waals surface area contributed by atoms with Gasteiger partial charge in [-0.3, -0.25) is 24.2 Å². The van der Waals surface area contributed by atoms with Crippen LogP contribution in [0.4, 0.5) is 23.5 Å². The van der Waals surface area contributed by atoms with Crippen LogP contribution in [0.2, 0.25) is 0 Å². The van der Waals surface area contributed by atoms with Crippen molar-refractivity contribution in [3.63, 3.8) is 0 Å². The second kappa shape index (κ2) is 23.8. The van der Waals surface area contributed by atoms with Crippen LogP contribution in [0.15, 0.2) is 60.9 Å². The van der Waals surface area contributed by atoms with E-state index in [1.54, 1.807) is 54.6 Å². The van der Waals surface area contributed by atoms with Crippen LogP contribution in [0.1, 0.15) is 78.3 Å². The van der Waals surface area contributed by atoms with Gasteiger partial charge in [0.15, 0.2) is 0 Å². The number of nitrogens with two attached hydrogens (primary N) is 1. The first-order valence-electron chi connectivity index (χ1n) is 20.9. The maximum Gasteiger partial charge on any atom is 0.259 e. The lowest BCUT2D eigenvalue weighted by atomic mass is 10.1. The number of nitrogens with zero attached hydrogens (tertiary/aromatic N) is 6. The van der Waals surface area contributed by atoms with E-state index < -0.39 is 0 Å². The van der Waals surface area contributed by atoms with E-state index in [4.69, 9.17) is 24.7 Å². The first-order chi connectivity index (χ1) is 29.6. The molecule has 2 aromatic heterocycles. The summed E-state index contributed by atoms with van der Waals surface area (Å²) in [4.78, 5) is 58.9. The molecule has 61 heavy (non-hydrogen) atoms. The summed E-state index contributed by atoms with van der Waals surface area (Å²) in [6.45, 7) is 9.95. The molecule has 0 bridgehead atoms. The molecule has 0 saturated carbocycles. The third-order valence-corrected chi connectivity index (χ3v) is 9.80. The Morgan fingerprint density at radius 1 is 0.721 bits per heavy atom. The molecule has 17 heteroatoms. The molecule has 0 unspecified atom stereocenters. The Morgan fingerprint density at radius 3 is 1.64 bits per heavy atom. The van der Waals surface area contributed by atoms with Gasteiger partial charge in [0.05, 0.1) is 26.4 Å². The number of carbonyl (C=O) groups is 3. The standard InChI is InChI=1S/C23H31N5O4.C21H29N5O3/c1-16(15-31-3)26-23-25-11-8-21(27-23)28(12-5-4-10-24-17(2)29)22(30)19-6-7-20-18(14-19)9-13-32-20;1-15(14-28-2)24-21-23-10-7-19(25-21)26(11-4-3-9-22)20(27)17-5-6-18-16(13-17)8-12-29-18/h6-8,11,14,16H,4-5,9-10,12-13,15H2,1-3H3,(H,24,29)(H,25,26,27);5-7,10,13,15H,3-4,8-9,11-12,14,22H2,1-2H3,(H,23,24,25)/t16-;15-/m00/s1. The molecule has 0 saturated heterocycles. The van der Waals surface area contributed by atoms with Gasteiger partial charge in [-0.15, -0.1) is 0 Å². The summed E-state index contributed by atoms with van der Waals surface area (Å²) < 4.78 is 21.4. The predicted octanol–water partition coefficient (Wildman–Crippen LogP) is 4.67. The lowest BCUT2D eigenvalue weighted by Gasteiger charge is -2.23. The summed E-state index contributed by atoms with van der Waals surface area (Å²) in [7, 11) is 3.29. The van der Waals surface area contributed by atoms with Gasteiger partial charge in [0.1, 0.15) is 23.1 Å². The molecule has 0 radical (unpaired) electrons. The normalized spacial score (nSPS) is 13.3. The molecule has 3 amide bonds. The Morgan fingerprint density at radius 2 is 1.20 bits per heavy atom. The van der Waals surface area contributed by atoms with Crippen LogP contribution < -0.4 is 41.0 Å². The van der Waals surface area contributed by atoms with E-state index in [1.165, 1.54) is 6.92 Å². The molecule has 0 aliphatic carbocycles. The number of rotatable bonds is 21. The van der Waals surface area contributed by atoms with Crippen molar-refractivity contribution in [1.82, 2.24) is 25.3 Å². The van der Waals surface area contributed by atoms with E-state index >= 15 is 0 Å². The van der Waals surface area contributed by atoms with Crippen molar-refractivity contribution < 1.29 is 33.3 Å². The molecule has 5 N–H and O–H groups in total. The lowest BCUT2D eigenvalue weighted by Crippen LogP contribution is -2.34. The second-order valence-corrected chi connectivity index (χ2v) is 14.9. The summed E-state index contributed by atoms with van der Waals surface area (Å²) in [6, 6.07) is 14.7. The summed E-state index contributed by atoms with van der Waals surface area (Å²) in [5.41, 5.74) is 8.97. The number of carbonyl (C=O) groups excluding carboxylic acids is 3. The Hall–Kier alpha value is -5.91. The molecule has 328 valence electrons. The number of benzene rings is 2. The maximum absolute atomic E-state index is 13.5. The average Bonchev–Trinajstić information content (AvgIpc) is 3.93. The third-order valence-electron chi connectivity index (χ3n) is 9.80. The van der Waals surface area contributed by atoms with Crippen molar-refractivity contribution in [3.05, 3.63) is 83.2 Å². The number of amides is 3. The zero-order valence-corrected chi connectivity index (χ0v) is 35.9. The number of aromatic nitrogens is 4. The average molecular weight is 841 g/mol. The van der Waals surface area contributed by atoms with Crippen molar-refractivity contribution in [2.45, 2.75) is 71.4 Å². The van der Waals surface area contributed by atoms with E-state index in [0.29, 0.717) is 93.7 Å². The van der Waals surface area contributed by atoms with Crippen LogP contribution in [0.25, 0.3) is 0 Å². The third kappa shape index (κ3) is 13.8. The monoisotopic (exact) mass is 840 g/mol. The van der Waals surface area contributed by atoms with Crippen LogP contribution in [-0.4, -0.2) is 117 Å². The highest BCUT2D eigenvalue weighted by atomic mass is 16.5. The second-order valence-electron chi connectivity index (χ2n) is 14.9. The minimum Gasteiger partial charge on any atom is -0.493 e. The lowest BCUT2D eigenvalue weighted by molar-refractivity contribution is -0.118. The number of hydrogen-bond donors (Lipinski definition) is 4. The van der Waals surface area contributed by atoms with Crippen LogP contribution in [0.5, 0.6) is 11.5 Å². The van der Waals surface area contributed by atoms with Crippen LogP contribution in [-0.2, 0) is 27.1 Å². The highest BCUT2D eigenvalue weighted by Gasteiger charge is 2.24. The fourth-order valence-corrected chi connectivity index (χ4v) is 6.83. The Balaban J connectivity index is 0.000000232. The fourth-order valence-electron chi connectivity index (χ4n) is 6.83. The van der Waals surface area contributed by atoms with Crippen molar-refractivity contribution in [2.24, 2.45) is 5.73 Å². The van der Waals surface area contributed by atoms with Gasteiger partial charge < -0.3 is 40.6 Å². The van der Waals surface area contributed by atoms with Gasteiger partial charge in [-0.2, -0.15) is 9.97 Å². The minimum absolute atomic E-state index is 0.0220. The molecule has 2 aromatic carbocycles. The van der Waals surface area contributed by atoms with Gasteiger partial charge in [0.25, 0.3) is 11.8 Å². The van der Waals surface area contributed by atoms with E-state index in [2.05, 4.69) is 35.9 Å². The van der Waals surface area contributed by atoms with E-state index in [1.807, 2.05) is 44.2 Å². The first-order valence-corrected chi connectivity index (χ1v) is 20.9. The molecule has 0 fully saturated rings. The topological polar surface area (TPSA) is 208 Å². The summed E-state index contributed by atoms with van der Waals surface area (Å²) in [6.07, 6.45) is 8.01. The van der Waals surface area contributed by atoms with E-state index in [-0.39, 0.29) is 29.8 Å². The molecule has 2 aliphatic rings. The smallest absolute Gasteiger partial charge is 0.259 e. The van der Waals surface area contributed by atoms with Gasteiger partial charge in [-0.25, -0.2) is 9.97 Å². The quantitative estimate of drug-likeness (QED) is 0.0842. The molecular formula is C44H60N10O7. The van der Waals surface area contributed by atoms with Gasteiger partial charge >= 0.3 is 0 Å². The first kappa shape index (κ1) is 46.2. The number of nitrogens with one attached hydrogen (secondary N) is 3. The molecule has 4 aromatic rings. The maximum atomic E-state index is 13.5. The van der Waals surface area contributed by atoms with Crippen LogP contribution >= 0.6 is 0 Å². The van der Waals surface area contributed by atoms with Gasteiger partial charge in [0.2, 0.25) is 17.8 Å². The number of methoxy groups -OCH3 is 2. The summed E-state index contributed by atoms with van der Waals surface area (Å²) in [5, 5.41) is 9.17. The molecule has 17 nitrogen and oxygen atoms in total. The Kier molecular flexibility index (Phi) is 18.0. The van der Waals surface area contributed by atoms with Crippen molar-refractivity contribution in [1.29, 1.82) is 0 Å². The molecular weight excluding hydrogens is 781 g/mol. The molecule has 2 atom stereocenters. The number of unbranched alkanes of at least 4 members (excludes halogenated alkanes) is 2. The number of ether oxygens (including phenoxy) is 4. The van der Waals surface area contributed by atoms with Crippen molar-refractivity contribution >= 4 is 41.3 Å². The van der Waals surface area contributed by atoms with Gasteiger partial charge in [-0.1, -0.05) is 0 Å². The highest BCUT2D eigenvalue weighted by Crippen LogP contribution is 2.29. The zero-order chi connectivity index (χ0) is 43.6. The van der Waals surface area contributed by atoms with Crippen molar-refractivity contribution in [3.8, 4) is 11.5 Å². The van der Waals surface area contributed by atoms with Gasteiger partial charge in [0, 0.05) is 89.2 Å². The number of hydrogen-bond acceptors (Lipinski definition) is 14. The van der Waals surface area contributed by atoms with Crippen LogP contribution in [0.3, 0.4) is 0 Å². The number of anilines is 4. The predicted molar refractivity (Wildman–Crippen MR) is 235 cm³/mol. The number of fused-ring (bicyclic) bond motifs is 2. The molecule has 2 aliphatic heterocycles. The largest absolute Gasteiger partial charge is 0.493 e. The molecule has 0 spiro atoms. The van der Waals surface area contributed by atoms with E-state index in [9.17, 15) is 14.4 Å². The zero-order valence-electron chi connectivity index (χ0n) is 35.9. The van der Waals surface area contributed by atoms with Gasteiger partial charge in [-0.05, 0) is 106 Å². The Bertz CT molecular complexity index is 2050. The molecule has 6 rings (SSSR count). The minimum atomic E-state index is -0.131. The SMILES string of the molecule is COC[C@H](C)Nc1nccc(N(CCCCN)C(=O)c2ccc3c(c2)CCO3)n1.COC[C@H](C)Nc1nccc(N(CCCCNC(C)=O)C(=O)c2ccc3c(c2)CCO3)n1. The van der Waals surface area contributed by atoms with Crippen LogP contribution in [0, 0.1) is 0 Å². The van der Waals surface area contributed by atoms with Crippen molar-refractivity contribution in [2.75, 3.05) is 87.3 Å². The summed E-state index contributed by atoms with van der Waals surface area (Å²) >= 11 is 0.